The van der Waals surface area contributed by atoms with E-state index in [1.165, 1.54) is 17.0 Å². The number of anilines is 1. The van der Waals surface area contributed by atoms with Crippen molar-refractivity contribution in [3.63, 3.8) is 0 Å². The number of hydrogen-bond acceptors (Lipinski definition) is 6. The Morgan fingerprint density at radius 1 is 1.04 bits per heavy atom. The van der Waals surface area contributed by atoms with E-state index < -0.39 is 41.6 Å². The molecule has 4 rings (SSSR count). The number of aromatic amines is 1. The smallest absolute Gasteiger partial charge is 0.444 e. The van der Waals surface area contributed by atoms with Crippen molar-refractivity contribution in [3.8, 4) is 11.4 Å². The van der Waals surface area contributed by atoms with Crippen LogP contribution in [0.3, 0.4) is 0 Å². The standard InChI is InChI=1S/C31H36BrF3N6O4/c1-30(2,3)45-29(44)37-17-19-4-8-21(9-5-19)27(43)41(24(25(36)42)16-18-6-12-22(32)13-7-18)23-14-10-20(11-15-23)26-38-28(40-39-26)31(33,34)35/h6-7,10-15,19,21,24H,4-5,8-9,16-17H2,1-3H3,(H2,36,42)(H,37,44)(H,38,39,40)/t19?,21?,24-/m0/s1. The lowest BCUT2D eigenvalue weighted by Crippen LogP contribution is -2.52. The molecule has 0 aliphatic heterocycles. The molecule has 1 fully saturated rings. The van der Waals surface area contributed by atoms with Crippen LogP contribution in [0.4, 0.5) is 23.7 Å². The molecule has 0 radical (unpaired) electrons. The molecule has 2 aromatic carbocycles. The number of ether oxygens (including phenoxy) is 1. The second kappa shape index (κ2) is 14.0. The summed E-state index contributed by atoms with van der Waals surface area (Å²) in [4.78, 5) is 44.1. The normalized spacial score (nSPS) is 17.8. The van der Waals surface area contributed by atoms with Gasteiger partial charge in [-0.15, -0.1) is 0 Å². The quantitative estimate of drug-likeness (QED) is 0.251. The zero-order valence-electron chi connectivity index (χ0n) is 25.2. The van der Waals surface area contributed by atoms with Crippen LogP contribution in [0.25, 0.3) is 11.4 Å². The summed E-state index contributed by atoms with van der Waals surface area (Å²) in [5.41, 5.74) is 6.73. The summed E-state index contributed by atoms with van der Waals surface area (Å²) in [5.74, 6) is -2.61. The predicted molar refractivity (Wildman–Crippen MR) is 165 cm³/mol. The Morgan fingerprint density at radius 2 is 1.67 bits per heavy atom. The Balaban J connectivity index is 1.55. The minimum Gasteiger partial charge on any atom is -0.444 e. The number of nitrogens with zero attached hydrogens (tertiary/aromatic N) is 3. The fraction of sp³-hybridized carbons (Fsp3) is 0.452. The van der Waals surface area contributed by atoms with Crippen molar-refractivity contribution in [2.75, 3.05) is 11.4 Å². The molecule has 45 heavy (non-hydrogen) atoms. The van der Waals surface area contributed by atoms with E-state index in [9.17, 15) is 27.6 Å². The van der Waals surface area contributed by atoms with E-state index in [1.807, 2.05) is 29.4 Å². The van der Waals surface area contributed by atoms with Crippen LogP contribution in [-0.2, 0) is 26.9 Å². The third-order valence-corrected chi connectivity index (χ3v) is 8.04. The van der Waals surface area contributed by atoms with Gasteiger partial charge in [-0.2, -0.15) is 18.3 Å². The first-order chi connectivity index (χ1) is 21.1. The molecule has 14 heteroatoms. The molecule has 0 unspecified atom stereocenters. The van der Waals surface area contributed by atoms with Crippen molar-refractivity contribution in [1.82, 2.24) is 20.5 Å². The first kappa shape index (κ1) is 33.9. The van der Waals surface area contributed by atoms with Crippen molar-refractivity contribution < 1.29 is 32.3 Å². The number of aromatic nitrogens is 3. The van der Waals surface area contributed by atoms with Gasteiger partial charge in [-0.1, -0.05) is 28.1 Å². The Kier molecular flexibility index (Phi) is 10.6. The molecule has 3 aromatic rings. The monoisotopic (exact) mass is 692 g/mol. The van der Waals surface area contributed by atoms with Crippen molar-refractivity contribution in [2.24, 2.45) is 17.6 Å². The van der Waals surface area contributed by atoms with E-state index in [2.05, 4.69) is 31.3 Å². The van der Waals surface area contributed by atoms with Crippen molar-refractivity contribution in [3.05, 3.63) is 64.4 Å². The van der Waals surface area contributed by atoms with E-state index in [0.29, 0.717) is 43.5 Å². The van der Waals surface area contributed by atoms with Crippen molar-refractivity contribution >= 4 is 39.5 Å². The minimum atomic E-state index is -4.68. The Hall–Kier alpha value is -3.94. The molecular formula is C31H36BrF3N6O4. The van der Waals surface area contributed by atoms with Gasteiger partial charge in [0.2, 0.25) is 17.6 Å². The average Bonchev–Trinajstić information content (AvgIpc) is 3.48. The second-order valence-electron chi connectivity index (χ2n) is 12.1. The number of halogens is 4. The van der Waals surface area contributed by atoms with Crippen LogP contribution in [0, 0.1) is 11.8 Å². The molecule has 1 saturated carbocycles. The Labute approximate surface area is 267 Å². The summed E-state index contributed by atoms with van der Waals surface area (Å²) in [7, 11) is 0. The largest absolute Gasteiger partial charge is 0.451 e. The van der Waals surface area contributed by atoms with Crippen molar-refractivity contribution in [1.29, 1.82) is 0 Å². The van der Waals surface area contributed by atoms with E-state index in [-0.39, 0.29) is 24.1 Å². The molecular weight excluding hydrogens is 657 g/mol. The van der Waals surface area contributed by atoms with Crippen LogP contribution in [0.15, 0.2) is 53.0 Å². The lowest BCUT2D eigenvalue weighted by atomic mass is 9.81. The summed E-state index contributed by atoms with van der Waals surface area (Å²) in [6.07, 6.45) is -2.59. The highest BCUT2D eigenvalue weighted by atomic mass is 79.9. The van der Waals surface area contributed by atoms with Gasteiger partial charge in [0.1, 0.15) is 11.6 Å². The van der Waals surface area contributed by atoms with Gasteiger partial charge in [-0.05, 0) is 94.3 Å². The summed E-state index contributed by atoms with van der Waals surface area (Å²) in [5, 5.41) is 8.35. The number of benzene rings is 2. The fourth-order valence-electron chi connectivity index (χ4n) is 5.26. The third kappa shape index (κ3) is 9.28. The van der Waals surface area contributed by atoms with Crippen LogP contribution < -0.4 is 16.0 Å². The number of nitrogens with two attached hydrogens (primary N) is 1. The molecule has 1 aliphatic rings. The van der Waals surface area contributed by atoms with Gasteiger partial charge < -0.3 is 15.8 Å². The van der Waals surface area contributed by atoms with Gasteiger partial charge in [0.15, 0.2) is 5.82 Å². The van der Waals surface area contributed by atoms with Gasteiger partial charge in [-0.3, -0.25) is 19.6 Å². The SMILES string of the molecule is CC(C)(C)OC(=O)NCC1CCC(C(=O)N(c2ccc(-c3n[nH]c(C(F)(F)F)n3)cc2)[C@@H](Cc2ccc(Br)cc2)C(N)=O)CC1. The zero-order chi connectivity index (χ0) is 32.9. The lowest BCUT2D eigenvalue weighted by molar-refractivity contribution is -0.144. The van der Waals surface area contributed by atoms with Gasteiger partial charge in [-0.25, -0.2) is 9.78 Å². The molecule has 0 saturated heterocycles. The van der Waals surface area contributed by atoms with E-state index in [0.717, 1.165) is 10.0 Å². The van der Waals surface area contributed by atoms with E-state index in [4.69, 9.17) is 10.5 Å². The highest BCUT2D eigenvalue weighted by molar-refractivity contribution is 9.10. The maximum atomic E-state index is 14.2. The molecule has 242 valence electrons. The maximum absolute atomic E-state index is 14.2. The Morgan fingerprint density at radius 3 is 2.20 bits per heavy atom. The van der Waals surface area contributed by atoms with Crippen LogP contribution in [-0.4, -0.2) is 51.3 Å². The first-order valence-electron chi connectivity index (χ1n) is 14.5. The van der Waals surface area contributed by atoms with Gasteiger partial charge in [0.05, 0.1) is 0 Å². The lowest BCUT2D eigenvalue weighted by Gasteiger charge is -2.36. The van der Waals surface area contributed by atoms with E-state index >= 15 is 0 Å². The number of rotatable bonds is 9. The van der Waals surface area contributed by atoms with Crippen LogP contribution in [0.2, 0.25) is 0 Å². The zero-order valence-corrected chi connectivity index (χ0v) is 26.7. The topological polar surface area (TPSA) is 143 Å². The van der Waals surface area contributed by atoms with Crippen LogP contribution >= 0.6 is 15.9 Å². The van der Waals surface area contributed by atoms with Gasteiger partial charge >= 0.3 is 12.3 Å². The summed E-state index contributed by atoms with van der Waals surface area (Å²) >= 11 is 3.40. The molecule has 1 aliphatic carbocycles. The minimum absolute atomic E-state index is 0.154. The average molecular weight is 694 g/mol. The number of carbonyl (C=O) groups excluding carboxylic acids is 3. The van der Waals surface area contributed by atoms with Crippen molar-refractivity contribution in [2.45, 2.75) is 70.7 Å². The van der Waals surface area contributed by atoms with Crippen LogP contribution in [0.5, 0.6) is 0 Å². The van der Waals surface area contributed by atoms with Gasteiger partial charge in [0.25, 0.3) is 0 Å². The summed E-state index contributed by atoms with van der Waals surface area (Å²) in [6, 6.07) is 12.4. The molecule has 0 spiro atoms. The molecule has 1 atom stereocenters. The number of primary amides is 1. The molecule has 4 N–H and O–H groups in total. The molecule has 3 amide bonds. The number of nitrogens with one attached hydrogen (secondary N) is 2. The molecule has 1 aromatic heterocycles. The number of amides is 3. The molecule has 1 heterocycles. The third-order valence-electron chi connectivity index (χ3n) is 7.51. The van der Waals surface area contributed by atoms with Crippen LogP contribution in [0.1, 0.15) is 57.8 Å². The highest BCUT2D eigenvalue weighted by Gasteiger charge is 2.37. The molecule has 0 bridgehead atoms. The first-order valence-corrected chi connectivity index (χ1v) is 15.3. The highest BCUT2D eigenvalue weighted by Crippen LogP contribution is 2.34. The number of H-pyrrole nitrogens is 1. The number of alkyl halides is 3. The summed E-state index contributed by atoms with van der Waals surface area (Å²) < 4.78 is 45.3. The number of carbonyl (C=O) groups is 3. The fourth-order valence-corrected chi connectivity index (χ4v) is 5.53. The Bertz CT molecular complexity index is 1480. The predicted octanol–water partition coefficient (Wildman–Crippen LogP) is 6.01. The van der Waals surface area contributed by atoms with Gasteiger partial charge in [0, 0.05) is 34.6 Å². The van der Waals surface area contributed by atoms with E-state index in [1.54, 1.807) is 32.9 Å². The second-order valence-corrected chi connectivity index (χ2v) is 13.0. The summed E-state index contributed by atoms with van der Waals surface area (Å²) in [6.45, 7) is 5.79. The molecule has 10 nitrogen and oxygen atoms in total. The maximum Gasteiger partial charge on any atom is 0.451 e. The number of hydrogen-bond donors (Lipinski definition) is 3. The number of alkyl carbamates (subject to hydrolysis) is 1.